The summed E-state index contributed by atoms with van der Waals surface area (Å²) in [5, 5.41) is 4.17. The van der Waals surface area contributed by atoms with Crippen LogP contribution in [0.3, 0.4) is 0 Å². The molecule has 2 bridgehead atoms. The molecule has 1 saturated carbocycles. The first kappa shape index (κ1) is 23.6. The molecule has 2 aromatic carbocycles. The first-order valence-corrected chi connectivity index (χ1v) is 13.2. The van der Waals surface area contributed by atoms with Crippen LogP contribution in [0.5, 0.6) is 0 Å². The molecule has 1 aromatic heterocycles. The Kier molecular flexibility index (Phi) is 5.33. The van der Waals surface area contributed by atoms with Crippen LogP contribution in [0.15, 0.2) is 53.1 Å². The van der Waals surface area contributed by atoms with Gasteiger partial charge in [0.15, 0.2) is 5.76 Å². The van der Waals surface area contributed by atoms with Crippen molar-refractivity contribution in [2.45, 2.75) is 37.4 Å². The molecular weight excluding hydrogens is 498 g/mol. The van der Waals surface area contributed by atoms with E-state index < -0.39 is 28.5 Å². The molecule has 0 unspecified atom stereocenters. The van der Waals surface area contributed by atoms with E-state index in [2.05, 4.69) is 9.88 Å². The molecule has 1 N–H and O–H groups in total. The summed E-state index contributed by atoms with van der Waals surface area (Å²) in [5.41, 5.74) is 3.33. The zero-order valence-electron chi connectivity index (χ0n) is 19.1. The topological polar surface area (TPSA) is 75.4 Å². The first-order valence-electron chi connectivity index (χ1n) is 11.7. The predicted molar refractivity (Wildman–Crippen MR) is 123 cm³/mol. The van der Waals surface area contributed by atoms with Crippen molar-refractivity contribution in [1.82, 2.24) is 14.2 Å². The summed E-state index contributed by atoms with van der Waals surface area (Å²) < 4.78 is 86.5. The lowest BCUT2D eigenvalue weighted by atomic mass is 9.79. The van der Waals surface area contributed by atoms with Crippen molar-refractivity contribution in [2.75, 3.05) is 13.1 Å². The van der Waals surface area contributed by atoms with Crippen LogP contribution in [-0.2, 0) is 23.1 Å². The van der Waals surface area contributed by atoms with Gasteiger partial charge in [0.05, 0.1) is 5.54 Å². The van der Waals surface area contributed by atoms with Gasteiger partial charge in [0.25, 0.3) is 10.2 Å². The van der Waals surface area contributed by atoms with Crippen LogP contribution in [0.4, 0.5) is 17.6 Å². The van der Waals surface area contributed by atoms with Crippen LogP contribution in [0, 0.1) is 17.7 Å². The Balaban J connectivity index is 1.29. The highest BCUT2D eigenvalue weighted by atomic mass is 32.2. The van der Waals surface area contributed by atoms with Crippen LogP contribution in [-0.4, -0.2) is 42.7 Å². The Morgan fingerprint density at radius 3 is 2.36 bits per heavy atom. The van der Waals surface area contributed by atoms with E-state index in [1.165, 1.54) is 12.1 Å². The Bertz CT molecular complexity index is 1420. The fourth-order valence-electron chi connectivity index (χ4n) is 6.17. The van der Waals surface area contributed by atoms with Crippen LogP contribution in [0.2, 0.25) is 0 Å². The molecule has 1 spiro atoms. The Morgan fingerprint density at radius 2 is 1.67 bits per heavy atom. The van der Waals surface area contributed by atoms with Crippen molar-refractivity contribution in [2.24, 2.45) is 11.8 Å². The van der Waals surface area contributed by atoms with Gasteiger partial charge < -0.3 is 4.52 Å². The van der Waals surface area contributed by atoms with Gasteiger partial charge in [-0.05, 0) is 79.0 Å². The van der Waals surface area contributed by atoms with Crippen molar-refractivity contribution in [1.29, 1.82) is 0 Å². The number of halogens is 4. The van der Waals surface area contributed by atoms with Gasteiger partial charge in [-0.25, -0.2) is 4.39 Å². The highest BCUT2D eigenvalue weighted by molar-refractivity contribution is 7.87. The molecule has 6 nitrogen and oxygen atoms in total. The van der Waals surface area contributed by atoms with E-state index in [-0.39, 0.29) is 24.2 Å². The second kappa shape index (κ2) is 8.12. The number of nitrogens with zero attached hydrogens (tertiary/aromatic N) is 2. The maximum atomic E-state index is 13.2. The molecule has 2 fully saturated rings. The average Bonchev–Trinajstić information content (AvgIpc) is 3.43. The number of hydrogen-bond acceptors (Lipinski definition) is 4. The third kappa shape index (κ3) is 4.03. The number of rotatable bonds is 3. The summed E-state index contributed by atoms with van der Waals surface area (Å²) in [6, 6.07) is 13.6. The maximum absolute atomic E-state index is 13.2. The van der Waals surface area contributed by atoms with Gasteiger partial charge in [-0.15, -0.1) is 0 Å². The maximum Gasteiger partial charge on any atom is 0.402 e. The van der Waals surface area contributed by atoms with Gasteiger partial charge in [-0.2, -0.15) is 30.6 Å². The second-order valence-corrected chi connectivity index (χ2v) is 11.6. The van der Waals surface area contributed by atoms with Crippen molar-refractivity contribution < 1.29 is 30.5 Å². The molecule has 3 aliphatic rings. The quantitative estimate of drug-likeness (QED) is 0.506. The minimum atomic E-state index is -4.60. The van der Waals surface area contributed by atoms with Crippen molar-refractivity contribution in [3.05, 3.63) is 65.5 Å². The summed E-state index contributed by atoms with van der Waals surface area (Å²) in [5.74, 6) is -0.0377. The van der Waals surface area contributed by atoms with E-state index in [0.717, 1.165) is 29.5 Å². The lowest BCUT2D eigenvalue weighted by molar-refractivity contribution is -0.136. The summed E-state index contributed by atoms with van der Waals surface area (Å²) in [6.45, 7) is -1.65. The molecule has 2 aliphatic carbocycles. The molecule has 0 radical (unpaired) electrons. The van der Waals surface area contributed by atoms with Gasteiger partial charge in [0, 0.05) is 23.7 Å². The van der Waals surface area contributed by atoms with Crippen LogP contribution < -0.4 is 4.72 Å². The molecule has 3 atom stereocenters. The lowest BCUT2D eigenvalue weighted by Gasteiger charge is -2.33. The van der Waals surface area contributed by atoms with E-state index in [9.17, 15) is 26.0 Å². The molecule has 1 aliphatic heterocycles. The van der Waals surface area contributed by atoms with Gasteiger partial charge in [0.1, 0.15) is 18.1 Å². The molecule has 2 heterocycles. The fourth-order valence-corrected chi connectivity index (χ4v) is 7.87. The third-order valence-corrected chi connectivity index (χ3v) is 9.42. The molecular formula is C25H23F4N3O3S. The normalized spacial score (nSPS) is 27.3. The van der Waals surface area contributed by atoms with Crippen LogP contribution >= 0.6 is 0 Å². The Labute approximate surface area is 205 Å². The second-order valence-electron chi connectivity index (χ2n) is 9.98. The van der Waals surface area contributed by atoms with Gasteiger partial charge >= 0.3 is 6.18 Å². The predicted octanol–water partition coefficient (Wildman–Crippen LogP) is 4.72. The van der Waals surface area contributed by atoms with E-state index in [1.807, 2.05) is 18.2 Å². The number of nitrogens with one attached hydrogen (secondary N) is 1. The van der Waals surface area contributed by atoms with E-state index in [1.54, 1.807) is 18.2 Å². The molecule has 190 valence electrons. The third-order valence-electron chi connectivity index (χ3n) is 7.85. The van der Waals surface area contributed by atoms with E-state index in [4.69, 9.17) is 4.52 Å². The van der Waals surface area contributed by atoms with Gasteiger partial charge in [0.2, 0.25) is 0 Å². The minimum Gasteiger partial charge on any atom is -0.356 e. The molecule has 0 amide bonds. The highest BCUT2D eigenvalue weighted by Gasteiger charge is 2.60. The highest BCUT2D eigenvalue weighted by Crippen LogP contribution is 2.50. The number of hydrogen-bond donors (Lipinski definition) is 1. The molecule has 6 rings (SSSR count). The molecule has 3 aromatic rings. The summed E-state index contributed by atoms with van der Waals surface area (Å²) in [7, 11) is -4.22. The minimum absolute atomic E-state index is 0.0836. The van der Waals surface area contributed by atoms with Gasteiger partial charge in [-0.1, -0.05) is 17.3 Å². The molecule has 1 saturated heterocycles. The van der Waals surface area contributed by atoms with Gasteiger partial charge in [-0.3, -0.25) is 0 Å². The summed E-state index contributed by atoms with van der Waals surface area (Å²) in [4.78, 5) is 0. The van der Waals surface area contributed by atoms with Crippen molar-refractivity contribution in [3.63, 3.8) is 0 Å². The standard InChI is InChI=1S/C25H23F4N3O3S/c26-21-7-3-15(4-8-21)23-12-22(30-35-23)17-2-1-16-10-19-5-6-20(11-18(16)9-17)24(19)13-32(14-25(27,28)29)36(33,34)31-24/h1-4,7-9,12,19-20,31H,5-6,10-11,13-14H2/t19-,20+,24+/m0/s1. The fraction of sp³-hybridized carbons (Fsp3) is 0.400. The van der Waals surface area contributed by atoms with E-state index in [0.29, 0.717) is 34.2 Å². The Hall–Kier alpha value is -2.76. The summed E-state index contributed by atoms with van der Waals surface area (Å²) in [6.07, 6.45) is -1.95. The molecule has 11 heteroatoms. The zero-order chi connectivity index (χ0) is 25.3. The van der Waals surface area contributed by atoms with Crippen molar-refractivity contribution >= 4 is 10.2 Å². The number of benzene rings is 2. The Morgan fingerprint density at radius 1 is 1.00 bits per heavy atom. The van der Waals surface area contributed by atoms with E-state index >= 15 is 0 Å². The first-order chi connectivity index (χ1) is 17.0. The monoisotopic (exact) mass is 521 g/mol. The largest absolute Gasteiger partial charge is 0.402 e. The number of aromatic nitrogens is 1. The summed E-state index contributed by atoms with van der Waals surface area (Å²) >= 11 is 0. The van der Waals surface area contributed by atoms with Crippen LogP contribution in [0.1, 0.15) is 24.0 Å². The lowest BCUT2D eigenvalue weighted by Crippen LogP contribution is -2.52. The zero-order valence-corrected chi connectivity index (χ0v) is 19.9. The van der Waals surface area contributed by atoms with Crippen molar-refractivity contribution in [3.8, 4) is 22.6 Å². The van der Waals surface area contributed by atoms with Crippen LogP contribution in [0.25, 0.3) is 22.6 Å². The molecule has 36 heavy (non-hydrogen) atoms. The number of alkyl halides is 3. The smallest absolute Gasteiger partial charge is 0.356 e. The SMILES string of the molecule is O=S1(=O)N[C@@]2(CN1CC(F)(F)F)[C@@H]1CC[C@H]2Cc2ccc(-c3cc(-c4ccc(F)cc4)on3)cc2C1. The number of fused-ring (bicyclic) bond motifs is 1. The average molecular weight is 522 g/mol.